The maximum Gasteiger partial charge on any atom is 0.270 e. The van der Waals surface area contributed by atoms with Gasteiger partial charge in [-0.15, -0.1) is 0 Å². The number of hydrogen-bond acceptors (Lipinski definition) is 7. The van der Waals surface area contributed by atoms with E-state index in [9.17, 15) is 32.1 Å². The highest BCUT2D eigenvalue weighted by Gasteiger charge is 2.28. The molecule has 0 spiro atoms. The van der Waals surface area contributed by atoms with Crippen LogP contribution in [-0.2, 0) is 19.9 Å². The molecule has 3 rings (SSSR count). The molecule has 0 fully saturated rings. The summed E-state index contributed by atoms with van der Waals surface area (Å²) in [7, 11) is -8.54. The Balaban J connectivity index is 2.14. The fourth-order valence-corrected chi connectivity index (χ4v) is 6.06. The van der Waals surface area contributed by atoms with Crippen LogP contribution in [0.4, 0.5) is 11.4 Å². The van der Waals surface area contributed by atoms with E-state index in [-0.39, 0.29) is 26.6 Å². The average molecular weight is 497 g/mol. The van der Waals surface area contributed by atoms with Crippen LogP contribution in [0.2, 0.25) is 5.02 Å². The first-order chi connectivity index (χ1) is 14.8. The van der Waals surface area contributed by atoms with Crippen molar-refractivity contribution in [1.82, 2.24) is 0 Å². The molecule has 2 N–H and O–H groups in total. The molecule has 9 nitrogen and oxygen atoms in total. The van der Waals surface area contributed by atoms with Gasteiger partial charge in [0.05, 0.1) is 20.4 Å². The number of halogens is 1. The first-order valence-corrected chi connectivity index (χ1v) is 12.3. The van der Waals surface area contributed by atoms with Crippen molar-refractivity contribution in [2.24, 2.45) is 0 Å². The Hall–Kier alpha value is -3.15. The Bertz CT molecular complexity index is 1440. The van der Waals surface area contributed by atoms with E-state index in [0.717, 1.165) is 18.2 Å². The van der Waals surface area contributed by atoms with Crippen LogP contribution in [0.1, 0.15) is 11.1 Å². The minimum Gasteiger partial charge on any atom is -0.507 e. The zero-order chi connectivity index (χ0) is 23.8. The summed E-state index contributed by atoms with van der Waals surface area (Å²) in [6.07, 6.45) is 0. The first kappa shape index (κ1) is 23.5. The molecule has 0 atom stereocenters. The topological polar surface area (TPSA) is 144 Å². The van der Waals surface area contributed by atoms with Gasteiger partial charge in [0.1, 0.15) is 10.6 Å². The molecule has 12 heteroatoms. The number of benzene rings is 3. The third-order valence-corrected chi connectivity index (χ3v) is 8.21. The Kier molecular flexibility index (Phi) is 6.18. The van der Waals surface area contributed by atoms with E-state index in [1.54, 1.807) is 0 Å². The van der Waals surface area contributed by atoms with Crippen molar-refractivity contribution in [2.75, 3.05) is 4.72 Å². The lowest BCUT2D eigenvalue weighted by atomic mass is 10.1. The Labute approximate surface area is 189 Å². The molecule has 0 bridgehead atoms. The van der Waals surface area contributed by atoms with Gasteiger partial charge in [0.25, 0.3) is 15.7 Å². The number of nitro benzene ring substituents is 1. The normalized spacial score (nSPS) is 11.8. The molecule has 168 valence electrons. The number of sulfone groups is 1. The predicted molar refractivity (Wildman–Crippen MR) is 118 cm³/mol. The van der Waals surface area contributed by atoms with Crippen molar-refractivity contribution in [2.45, 2.75) is 28.5 Å². The van der Waals surface area contributed by atoms with Gasteiger partial charge in [-0.25, -0.2) is 16.8 Å². The predicted octanol–water partition coefficient (Wildman–Crippen LogP) is 4.20. The highest BCUT2D eigenvalue weighted by molar-refractivity contribution is 7.93. The van der Waals surface area contributed by atoms with E-state index in [4.69, 9.17) is 11.6 Å². The number of nitro groups is 1. The van der Waals surface area contributed by atoms with Crippen molar-refractivity contribution < 1.29 is 26.9 Å². The van der Waals surface area contributed by atoms with Gasteiger partial charge >= 0.3 is 0 Å². The number of phenolic OH excluding ortho intramolecular Hbond substituents is 1. The molecule has 0 aliphatic carbocycles. The zero-order valence-corrected chi connectivity index (χ0v) is 19.1. The van der Waals surface area contributed by atoms with Gasteiger partial charge in [-0.2, -0.15) is 0 Å². The summed E-state index contributed by atoms with van der Waals surface area (Å²) in [6, 6.07) is 10.8. The van der Waals surface area contributed by atoms with Crippen molar-refractivity contribution in [3.05, 3.63) is 80.9 Å². The molecular formula is C20H17ClN2O7S2. The number of nitrogens with zero attached hydrogens (tertiary/aromatic N) is 1. The Morgan fingerprint density at radius 2 is 1.59 bits per heavy atom. The van der Waals surface area contributed by atoms with E-state index >= 15 is 0 Å². The zero-order valence-electron chi connectivity index (χ0n) is 16.7. The number of aryl methyl sites for hydroxylation is 1. The molecule has 0 heterocycles. The molecule has 0 aromatic heterocycles. The lowest BCUT2D eigenvalue weighted by molar-refractivity contribution is -0.385. The summed E-state index contributed by atoms with van der Waals surface area (Å²) in [5, 5.41) is 21.7. The molecule has 0 aliphatic rings. The second-order valence-corrected chi connectivity index (χ2v) is 10.9. The Morgan fingerprint density at radius 1 is 0.969 bits per heavy atom. The van der Waals surface area contributed by atoms with Gasteiger partial charge < -0.3 is 5.11 Å². The molecular weight excluding hydrogens is 480 g/mol. The number of non-ortho nitro benzene ring substituents is 1. The van der Waals surface area contributed by atoms with Gasteiger partial charge in [0.2, 0.25) is 9.84 Å². The van der Waals surface area contributed by atoms with Crippen molar-refractivity contribution in [3.8, 4) is 5.75 Å². The quantitative estimate of drug-likeness (QED) is 0.295. The van der Waals surface area contributed by atoms with E-state index in [2.05, 4.69) is 4.72 Å². The molecule has 0 radical (unpaired) electrons. The molecule has 0 aliphatic heterocycles. The van der Waals surface area contributed by atoms with Crippen molar-refractivity contribution >= 4 is 42.8 Å². The van der Waals surface area contributed by atoms with Crippen LogP contribution in [0.15, 0.2) is 69.3 Å². The third kappa shape index (κ3) is 4.40. The van der Waals surface area contributed by atoms with E-state index < -0.39 is 41.1 Å². The van der Waals surface area contributed by atoms with Crippen LogP contribution < -0.4 is 4.72 Å². The number of nitrogens with one attached hydrogen (secondary N) is 1. The summed E-state index contributed by atoms with van der Waals surface area (Å²) in [5.74, 6) is -0.548. The summed E-state index contributed by atoms with van der Waals surface area (Å²) < 4.78 is 54.3. The minimum absolute atomic E-state index is 0.0357. The van der Waals surface area contributed by atoms with Crippen LogP contribution in [-0.4, -0.2) is 26.9 Å². The van der Waals surface area contributed by atoms with Crippen LogP contribution >= 0.6 is 11.6 Å². The van der Waals surface area contributed by atoms with Crippen molar-refractivity contribution in [1.29, 1.82) is 0 Å². The fraction of sp³-hybridized carbons (Fsp3) is 0.100. The Morgan fingerprint density at radius 3 is 2.19 bits per heavy atom. The molecule has 0 saturated carbocycles. The van der Waals surface area contributed by atoms with Gasteiger partial charge in [-0.05, 0) is 61.4 Å². The van der Waals surface area contributed by atoms with Crippen LogP contribution in [0.5, 0.6) is 5.75 Å². The number of aromatic hydroxyl groups is 1. The highest BCUT2D eigenvalue weighted by Crippen LogP contribution is 2.38. The van der Waals surface area contributed by atoms with Crippen LogP contribution in [0, 0.1) is 24.0 Å². The minimum atomic E-state index is -4.31. The van der Waals surface area contributed by atoms with E-state index in [1.165, 1.54) is 50.2 Å². The fourth-order valence-electron chi connectivity index (χ4n) is 3.13. The lowest BCUT2D eigenvalue weighted by Crippen LogP contribution is -2.16. The molecule has 32 heavy (non-hydrogen) atoms. The molecule has 3 aromatic carbocycles. The molecule has 0 amide bonds. The summed E-state index contributed by atoms with van der Waals surface area (Å²) in [6.45, 7) is 2.83. The van der Waals surface area contributed by atoms with Crippen LogP contribution in [0.25, 0.3) is 0 Å². The smallest absolute Gasteiger partial charge is 0.270 e. The van der Waals surface area contributed by atoms with Crippen molar-refractivity contribution in [3.63, 3.8) is 0 Å². The van der Waals surface area contributed by atoms with Gasteiger partial charge in [0.15, 0.2) is 0 Å². The number of sulfonamides is 1. The first-order valence-electron chi connectivity index (χ1n) is 8.95. The van der Waals surface area contributed by atoms with Crippen LogP contribution in [0.3, 0.4) is 0 Å². The average Bonchev–Trinajstić information content (AvgIpc) is 2.71. The molecule has 0 unspecified atom stereocenters. The van der Waals surface area contributed by atoms with Gasteiger partial charge in [0, 0.05) is 17.2 Å². The van der Waals surface area contributed by atoms with E-state index in [0.29, 0.717) is 5.02 Å². The largest absolute Gasteiger partial charge is 0.507 e. The maximum absolute atomic E-state index is 13.2. The lowest BCUT2D eigenvalue weighted by Gasteiger charge is -2.18. The summed E-state index contributed by atoms with van der Waals surface area (Å²) in [5.41, 5.74) is -0.268. The molecule has 0 saturated heterocycles. The standard InChI is InChI=1S/C20H17ClN2O7S2/c1-12-10-18(24)20(31(27,28)16-8-6-14(21)7-9-16)13(2)19(12)22-32(29,30)17-5-3-4-15(11-17)23(25)26/h3-11,22,24H,1-2H3. The molecule has 3 aromatic rings. The SMILES string of the molecule is Cc1cc(O)c(S(=O)(=O)c2ccc(Cl)cc2)c(C)c1NS(=O)(=O)c1cccc([N+](=O)[O-])c1. The van der Waals surface area contributed by atoms with Gasteiger partial charge in [-0.3, -0.25) is 14.8 Å². The number of phenols is 1. The summed E-state index contributed by atoms with van der Waals surface area (Å²) in [4.78, 5) is 9.27. The maximum atomic E-state index is 13.2. The third-order valence-electron chi connectivity index (χ3n) is 4.66. The number of anilines is 1. The highest BCUT2D eigenvalue weighted by atomic mass is 35.5. The number of hydrogen-bond donors (Lipinski definition) is 2. The van der Waals surface area contributed by atoms with E-state index in [1.807, 2.05) is 0 Å². The van der Waals surface area contributed by atoms with Gasteiger partial charge in [-0.1, -0.05) is 17.7 Å². The second-order valence-electron chi connectivity index (χ2n) is 6.86. The second kappa shape index (κ2) is 8.41. The number of rotatable bonds is 6. The summed E-state index contributed by atoms with van der Waals surface area (Å²) >= 11 is 5.81. The monoisotopic (exact) mass is 496 g/mol.